The summed E-state index contributed by atoms with van der Waals surface area (Å²) < 4.78 is 0. The molecule has 0 saturated carbocycles. The minimum absolute atomic E-state index is 0.0124. The van der Waals surface area contributed by atoms with E-state index in [2.05, 4.69) is 54.1 Å². The van der Waals surface area contributed by atoms with Gasteiger partial charge in [-0.25, -0.2) is 4.98 Å². The molecule has 1 aliphatic rings. The van der Waals surface area contributed by atoms with Crippen LogP contribution in [0.1, 0.15) is 35.1 Å². The zero-order valence-electron chi connectivity index (χ0n) is 15.3. The second-order valence-corrected chi connectivity index (χ2v) is 8.15. The molecule has 0 spiro atoms. The number of benzene rings is 2. The summed E-state index contributed by atoms with van der Waals surface area (Å²) in [7, 11) is 0. The smallest absolute Gasteiger partial charge is 0.233 e. The third-order valence-electron chi connectivity index (χ3n) is 5.40. The van der Waals surface area contributed by atoms with Crippen LogP contribution in [-0.2, 0) is 17.6 Å². The Kier molecular flexibility index (Phi) is 4.66. The maximum absolute atomic E-state index is 13.3. The van der Waals surface area contributed by atoms with Crippen molar-refractivity contribution in [1.82, 2.24) is 4.98 Å². The van der Waals surface area contributed by atoms with E-state index in [4.69, 9.17) is 0 Å². The maximum Gasteiger partial charge on any atom is 0.233 e. The third kappa shape index (κ3) is 3.21. The van der Waals surface area contributed by atoms with Gasteiger partial charge in [0.15, 0.2) is 5.13 Å². The van der Waals surface area contributed by atoms with E-state index < -0.39 is 5.41 Å². The molecule has 4 rings (SSSR count). The van der Waals surface area contributed by atoms with Crippen molar-refractivity contribution in [1.29, 1.82) is 0 Å². The Balaban J connectivity index is 1.78. The molecule has 0 unspecified atom stereocenters. The molecule has 1 amide bonds. The quantitative estimate of drug-likeness (QED) is 0.623. The molecule has 2 aromatic carbocycles. The summed E-state index contributed by atoms with van der Waals surface area (Å²) in [5.74, 6) is 0.0335. The standard InChI is InChI=1S/C23H22N2OS/c1-3-7-16-10-11-18-15-23(2,21(26)25-22-24-12-13-27-22)20(19(18)14-16)17-8-5-4-6-9-17/h3-6,8-14,20H,1,7,15H2,2H3,(H,24,25,26)/t20-,23+/m1/s1. The second kappa shape index (κ2) is 7.12. The highest BCUT2D eigenvalue weighted by Crippen LogP contribution is 2.51. The van der Waals surface area contributed by atoms with Crippen LogP contribution >= 0.6 is 11.3 Å². The van der Waals surface area contributed by atoms with Crippen LogP contribution in [0.15, 0.2) is 72.8 Å². The van der Waals surface area contributed by atoms with Gasteiger partial charge in [0.2, 0.25) is 5.91 Å². The van der Waals surface area contributed by atoms with E-state index in [0.717, 1.165) is 6.42 Å². The molecule has 0 radical (unpaired) electrons. The molecule has 136 valence electrons. The number of fused-ring (bicyclic) bond motifs is 1. The summed E-state index contributed by atoms with van der Waals surface area (Å²) in [5, 5.41) is 5.55. The van der Waals surface area contributed by atoms with Gasteiger partial charge < -0.3 is 5.32 Å². The van der Waals surface area contributed by atoms with Gasteiger partial charge in [-0.3, -0.25) is 4.79 Å². The molecule has 3 nitrogen and oxygen atoms in total. The van der Waals surface area contributed by atoms with Crippen LogP contribution in [0.25, 0.3) is 0 Å². The fourth-order valence-electron chi connectivity index (χ4n) is 4.14. The highest BCUT2D eigenvalue weighted by Gasteiger charge is 2.48. The number of thiazole rings is 1. The lowest BCUT2D eigenvalue weighted by atomic mass is 9.73. The van der Waals surface area contributed by atoms with Crippen LogP contribution in [0.2, 0.25) is 0 Å². The Morgan fingerprint density at radius 2 is 2.15 bits per heavy atom. The first-order chi connectivity index (χ1) is 13.1. The van der Waals surface area contributed by atoms with Crippen molar-refractivity contribution >= 4 is 22.4 Å². The van der Waals surface area contributed by atoms with Gasteiger partial charge >= 0.3 is 0 Å². The van der Waals surface area contributed by atoms with Gasteiger partial charge in [0.25, 0.3) is 0 Å². The van der Waals surface area contributed by atoms with Gasteiger partial charge in [0.05, 0.1) is 5.41 Å². The lowest BCUT2D eigenvalue weighted by Crippen LogP contribution is -2.37. The van der Waals surface area contributed by atoms with Crippen molar-refractivity contribution < 1.29 is 4.79 Å². The average Bonchev–Trinajstić information content (AvgIpc) is 3.28. The molecule has 3 aromatic rings. The highest BCUT2D eigenvalue weighted by atomic mass is 32.1. The number of nitrogens with zero attached hydrogens (tertiary/aromatic N) is 1. The van der Waals surface area contributed by atoms with Gasteiger partial charge in [-0.05, 0) is 42.0 Å². The Morgan fingerprint density at radius 3 is 2.85 bits per heavy atom. The van der Waals surface area contributed by atoms with Crippen LogP contribution in [0.5, 0.6) is 0 Å². The summed E-state index contributed by atoms with van der Waals surface area (Å²) >= 11 is 1.44. The molecule has 0 saturated heterocycles. The molecule has 0 bridgehead atoms. The first-order valence-electron chi connectivity index (χ1n) is 9.10. The number of aromatic nitrogens is 1. The Morgan fingerprint density at radius 1 is 1.33 bits per heavy atom. The van der Waals surface area contributed by atoms with Crippen molar-refractivity contribution in [2.75, 3.05) is 5.32 Å². The molecular formula is C23H22N2OS. The highest BCUT2D eigenvalue weighted by molar-refractivity contribution is 7.13. The summed E-state index contributed by atoms with van der Waals surface area (Å²) in [6.45, 7) is 5.93. The molecule has 0 fully saturated rings. The zero-order chi connectivity index (χ0) is 18.9. The van der Waals surface area contributed by atoms with E-state index >= 15 is 0 Å². The SMILES string of the molecule is C=CCc1ccc2c(c1)[C@@H](c1ccccc1)[C@@](C)(C(=O)Nc1nccs1)C2. The average molecular weight is 375 g/mol. The summed E-state index contributed by atoms with van der Waals surface area (Å²) in [6.07, 6.45) is 5.18. The molecule has 1 heterocycles. The predicted octanol–water partition coefficient (Wildman–Crippen LogP) is 5.20. The summed E-state index contributed by atoms with van der Waals surface area (Å²) in [5.41, 5.74) is 4.33. The topological polar surface area (TPSA) is 42.0 Å². The molecule has 1 aliphatic carbocycles. The van der Waals surface area contributed by atoms with Crippen molar-refractivity contribution in [2.24, 2.45) is 5.41 Å². The fraction of sp³-hybridized carbons (Fsp3) is 0.217. The number of anilines is 1. The molecule has 1 aromatic heterocycles. The van der Waals surface area contributed by atoms with Crippen LogP contribution in [0, 0.1) is 5.41 Å². The maximum atomic E-state index is 13.3. The Labute approximate surface area is 163 Å². The lowest BCUT2D eigenvalue weighted by Gasteiger charge is -2.31. The number of hydrogen-bond acceptors (Lipinski definition) is 3. The number of rotatable bonds is 5. The lowest BCUT2D eigenvalue weighted by molar-refractivity contribution is -0.125. The van der Waals surface area contributed by atoms with Crippen LogP contribution in [0.3, 0.4) is 0 Å². The molecule has 2 atom stereocenters. The van der Waals surface area contributed by atoms with Gasteiger partial charge in [-0.1, -0.05) is 54.6 Å². The molecule has 0 aliphatic heterocycles. The van der Waals surface area contributed by atoms with Gasteiger partial charge in [-0.15, -0.1) is 17.9 Å². The predicted molar refractivity (Wildman–Crippen MR) is 111 cm³/mol. The number of allylic oxidation sites excluding steroid dienone is 1. The first-order valence-corrected chi connectivity index (χ1v) is 9.98. The molecule has 27 heavy (non-hydrogen) atoms. The molecule has 4 heteroatoms. The molecule has 1 N–H and O–H groups in total. The normalized spacial score (nSPS) is 20.9. The van der Waals surface area contributed by atoms with E-state index in [1.165, 1.54) is 33.6 Å². The summed E-state index contributed by atoms with van der Waals surface area (Å²) in [6, 6.07) is 16.9. The van der Waals surface area contributed by atoms with Crippen LogP contribution in [-0.4, -0.2) is 10.9 Å². The van der Waals surface area contributed by atoms with Crippen molar-refractivity contribution in [2.45, 2.75) is 25.7 Å². The van der Waals surface area contributed by atoms with Gasteiger partial charge in [0, 0.05) is 17.5 Å². The largest absolute Gasteiger partial charge is 0.301 e. The number of carbonyl (C=O) groups is 1. The minimum atomic E-state index is -0.567. The number of hydrogen-bond donors (Lipinski definition) is 1. The van der Waals surface area contributed by atoms with E-state index in [0.29, 0.717) is 11.6 Å². The van der Waals surface area contributed by atoms with E-state index in [9.17, 15) is 4.79 Å². The number of carbonyl (C=O) groups excluding carboxylic acids is 1. The zero-order valence-corrected chi connectivity index (χ0v) is 16.1. The van der Waals surface area contributed by atoms with Gasteiger partial charge in [0.1, 0.15) is 0 Å². The minimum Gasteiger partial charge on any atom is -0.301 e. The van der Waals surface area contributed by atoms with E-state index in [1.54, 1.807) is 6.20 Å². The van der Waals surface area contributed by atoms with Crippen molar-refractivity contribution in [3.05, 3.63) is 95.0 Å². The molecular weight excluding hydrogens is 352 g/mol. The van der Waals surface area contributed by atoms with E-state index in [1.807, 2.05) is 29.7 Å². The fourth-order valence-corrected chi connectivity index (χ4v) is 4.66. The monoisotopic (exact) mass is 374 g/mol. The van der Waals surface area contributed by atoms with Crippen molar-refractivity contribution in [3.8, 4) is 0 Å². The van der Waals surface area contributed by atoms with Gasteiger partial charge in [-0.2, -0.15) is 0 Å². The second-order valence-electron chi connectivity index (χ2n) is 7.26. The Hall–Kier alpha value is -2.72. The number of amides is 1. The van der Waals surface area contributed by atoms with E-state index in [-0.39, 0.29) is 11.8 Å². The summed E-state index contributed by atoms with van der Waals surface area (Å²) in [4.78, 5) is 17.6. The first kappa shape index (κ1) is 17.7. The van der Waals surface area contributed by atoms with Crippen molar-refractivity contribution in [3.63, 3.8) is 0 Å². The van der Waals surface area contributed by atoms with Crippen LogP contribution < -0.4 is 5.32 Å². The Bertz CT molecular complexity index is 965. The number of nitrogens with one attached hydrogen (secondary N) is 1. The van der Waals surface area contributed by atoms with Crippen LogP contribution in [0.4, 0.5) is 5.13 Å². The third-order valence-corrected chi connectivity index (χ3v) is 6.09.